The van der Waals surface area contributed by atoms with Crippen molar-refractivity contribution in [3.05, 3.63) is 22.9 Å². The third-order valence-electron chi connectivity index (χ3n) is 4.25. The average molecular weight is 265 g/mol. The molecule has 108 valence electrons. The zero-order chi connectivity index (χ0) is 13.7. The lowest BCUT2D eigenvalue weighted by Crippen LogP contribution is -2.39. The summed E-state index contributed by atoms with van der Waals surface area (Å²) >= 11 is 0. The summed E-state index contributed by atoms with van der Waals surface area (Å²) in [5.74, 6) is 0.773. The first-order valence-corrected chi connectivity index (χ1v) is 7.71. The molecule has 2 atom stereocenters. The predicted octanol–water partition coefficient (Wildman–Crippen LogP) is 2.23. The molecule has 1 heterocycles. The Morgan fingerprint density at radius 3 is 2.58 bits per heavy atom. The zero-order valence-corrected chi connectivity index (χ0v) is 12.3. The highest BCUT2D eigenvalue weighted by Crippen LogP contribution is 2.23. The molecule has 4 heteroatoms. The maximum atomic E-state index is 12.0. The van der Waals surface area contributed by atoms with Gasteiger partial charge in [-0.2, -0.15) is 0 Å². The number of nitrogens with one attached hydrogen (secondary N) is 1. The normalized spacial score (nSPS) is 23.7. The first kappa shape index (κ1) is 14.4. The number of aryl methyl sites for hydroxylation is 1. The van der Waals surface area contributed by atoms with E-state index in [9.17, 15) is 4.79 Å². The van der Waals surface area contributed by atoms with E-state index in [1.54, 1.807) is 4.57 Å². The molecule has 2 rings (SSSR count). The number of hydrogen-bond acceptors (Lipinski definition) is 2. The standard InChI is InChI=1S/C15H27N3O/c1-3-9-17-11-12-18(15(17)19)10-8-16-14-7-5-4-6-13(14)2/h11-14,16H,3-10H2,1-2H3. The quantitative estimate of drug-likeness (QED) is 0.856. The fraction of sp³-hybridized carbons (Fsp3) is 0.800. The van der Waals surface area contributed by atoms with Crippen LogP contribution in [-0.4, -0.2) is 21.7 Å². The van der Waals surface area contributed by atoms with Gasteiger partial charge in [-0.3, -0.25) is 9.13 Å². The number of hydrogen-bond donors (Lipinski definition) is 1. The number of nitrogens with zero attached hydrogens (tertiary/aromatic N) is 2. The van der Waals surface area contributed by atoms with E-state index in [0.29, 0.717) is 6.04 Å². The van der Waals surface area contributed by atoms with Crippen molar-refractivity contribution in [2.75, 3.05) is 6.54 Å². The summed E-state index contributed by atoms with van der Waals surface area (Å²) in [6.45, 7) is 6.92. The number of aromatic nitrogens is 2. The van der Waals surface area contributed by atoms with E-state index in [1.807, 2.05) is 17.0 Å². The Kier molecular flexibility index (Phi) is 5.25. The van der Waals surface area contributed by atoms with Gasteiger partial charge in [0.05, 0.1) is 0 Å². The number of rotatable bonds is 6. The van der Waals surface area contributed by atoms with Gasteiger partial charge in [-0.15, -0.1) is 0 Å². The molecular weight excluding hydrogens is 238 g/mol. The van der Waals surface area contributed by atoms with Crippen LogP contribution in [0.3, 0.4) is 0 Å². The lowest BCUT2D eigenvalue weighted by atomic mass is 9.86. The summed E-state index contributed by atoms with van der Waals surface area (Å²) in [5, 5.41) is 3.62. The lowest BCUT2D eigenvalue weighted by Gasteiger charge is -2.29. The first-order valence-electron chi connectivity index (χ1n) is 7.71. The molecule has 0 amide bonds. The highest BCUT2D eigenvalue weighted by Gasteiger charge is 2.20. The van der Waals surface area contributed by atoms with Gasteiger partial charge < -0.3 is 5.32 Å². The second kappa shape index (κ2) is 6.94. The molecular formula is C15H27N3O. The largest absolute Gasteiger partial charge is 0.328 e. The van der Waals surface area contributed by atoms with Gasteiger partial charge in [-0.1, -0.05) is 26.7 Å². The molecule has 1 aromatic rings. The molecule has 1 saturated carbocycles. The van der Waals surface area contributed by atoms with Crippen molar-refractivity contribution in [2.24, 2.45) is 5.92 Å². The highest BCUT2D eigenvalue weighted by atomic mass is 16.1. The van der Waals surface area contributed by atoms with Crippen LogP contribution in [0, 0.1) is 5.92 Å². The highest BCUT2D eigenvalue weighted by molar-refractivity contribution is 4.83. The van der Waals surface area contributed by atoms with Gasteiger partial charge in [0.2, 0.25) is 0 Å². The van der Waals surface area contributed by atoms with E-state index >= 15 is 0 Å². The Balaban J connectivity index is 1.80. The minimum absolute atomic E-state index is 0.125. The molecule has 0 saturated heterocycles. The topological polar surface area (TPSA) is 39.0 Å². The van der Waals surface area contributed by atoms with Crippen LogP contribution in [0.1, 0.15) is 46.0 Å². The molecule has 0 spiro atoms. The summed E-state index contributed by atoms with van der Waals surface area (Å²) < 4.78 is 3.61. The maximum absolute atomic E-state index is 12.0. The monoisotopic (exact) mass is 265 g/mol. The van der Waals surface area contributed by atoms with Gasteiger partial charge in [-0.05, 0) is 25.2 Å². The molecule has 0 bridgehead atoms. The van der Waals surface area contributed by atoms with Gasteiger partial charge in [0, 0.05) is 38.1 Å². The van der Waals surface area contributed by atoms with E-state index in [-0.39, 0.29) is 5.69 Å². The number of imidazole rings is 1. The van der Waals surface area contributed by atoms with Crippen LogP contribution in [-0.2, 0) is 13.1 Å². The molecule has 1 N–H and O–H groups in total. The minimum atomic E-state index is 0.125. The summed E-state index contributed by atoms with van der Waals surface area (Å²) in [7, 11) is 0. The second-order valence-electron chi connectivity index (χ2n) is 5.79. The molecule has 4 nitrogen and oxygen atoms in total. The summed E-state index contributed by atoms with van der Waals surface area (Å²) in [6.07, 6.45) is 10.1. The molecule has 2 unspecified atom stereocenters. The molecule has 1 fully saturated rings. The van der Waals surface area contributed by atoms with Gasteiger partial charge in [-0.25, -0.2) is 4.79 Å². The minimum Gasteiger partial charge on any atom is -0.312 e. The molecule has 1 aliphatic carbocycles. The average Bonchev–Trinajstić information content (AvgIpc) is 2.74. The van der Waals surface area contributed by atoms with Crippen LogP contribution >= 0.6 is 0 Å². The summed E-state index contributed by atoms with van der Waals surface area (Å²) in [6, 6.07) is 0.641. The van der Waals surface area contributed by atoms with Crippen molar-refractivity contribution in [1.29, 1.82) is 0 Å². The Morgan fingerprint density at radius 2 is 1.89 bits per heavy atom. The molecule has 1 aromatic heterocycles. The molecule has 0 aliphatic heterocycles. The van der Waals surface area contributed by atoms with Crippen LogP contribution in [0.15, 0.2) is 17.2 Å². The summed E-state index contributed by atoms with van der Waals surface area (Å²) in [4.78, 5) is 12.0. The Bertz CT molecular complexity index is 435. The second-order valence-corrected chi connectivity index (χ2v) is 5.79. The van der Waals surface area contributed by atoms with E-state index in [4.69, 9.17) is 0 Å². The molecule has 0 aromatic carbocycles. The zero-order valence-electron chi connectivity index (χ0n) is 12.3. The Hall–Kier alpha value is -1.03. The van der Waals surface area contributed by atoms with Crippen molar-refractivity contribution >= 4 is 0 Å². The lowest BCUT2D eigenvalue weighted by molar-refractivity contribution is 0.278. The van der Waals surface area contributed by atoms with Gasteiger partial charge in [0.25, 0.3) is 0 Å². The van der Waals surface area contributed by atoms with Crippen LogP contribution in [0.2, 0.25) is 0 Å². The van der Waals surface area contributed by atoms with Crippen LogP contribution in [0.4, 0.5) is 0 Å². The smallest absolute Gasteiger partial charge is 0.312 e. The van der Waals surface area contributed by atoms with Gasteiger partial charge >= 0.3 is 5.69 Å². The van der Waals surface area contributed by atoms with Crippen molar-refractivity contribution in [3.8, 4) is 0 Å². The Morgan fingerprint density at radius 1 is 1.21 bits per heavy atom. The van der Waals surface area contributed by atoms with E-state index in [2.05, 4.69) is 19.2 Å². The van der Waals surface area contributed by atoms with Crippen molar-refractivity contribution < 1.29 is 0 Å². The van der Waals surface area contributed by atoms with Crippen LogP contribution in [0.25, 0.3) is 0 Å². The third kappa shape index (κ3) is 3.72. The van der Waals surface area contributed by atoms with Crippen molar-refractivity contribution in [2.45, 2.75) is 65.1 Å². The SMILES string of the molecule is CCCn1ccn(CCNC2CCCCC2C)c1=O. The molecule has 19 heavy (non-hydrogen) atoms. The van der Waals surface area contributed by atoms with Crippen molar-refractivity contribution in [1.82, 2.24) is 14.5 Å². The maximum Gasteiger partial charge on any atom is 0.328 e. The fourth-order valence-corrected chi connectivity index (χ4v) is 3.02. The summed E-state index contributed by atoms with van der Waals surface area (Å²) in [5.41, 5.74) is 0.125. The first-order chi connectivity index (χ1) is 9.22. The molecule has 1 aliphatic rings. The van der Waals surface area contributed by atoms with E-state index < -0.39 is 0 Å². The predicted molar refractivity (Wildman–Crippen MR) is 78.4 cm³/mol. The van der Waals surface area contributed by atoms with Crippen LogP contribution in [0.5, 0.6) is 0 Å². The van der Waals surface area contributed by atoms with Crippen molar-refractivity contribution in [3.63, 3.8) is 0 Å². The third-order valence-corrected chi connectivity index (χ3v) is 4.25. The van der Waals surface area contributed by atoms with Crippen LogP contribution < -0.4 is 11.0 Å². The molecule has 0 radical (unpaired) electrons. The Labute approximate surface area is 115 Å². The fourth-order valence-electron chi connectivity index (χ4n) is 3.02. The van der Waals surface area contributed by atoms with E-state index in [0.717, 1.165) is 32.0 Å². The van der Waals surface area contributed by atoms with Gasteiger partial charge in [0.1, 0.15) is 0 Å². The van der Waals surface area contributed by atoms with E-state index in [1.165, 1.54) is 25.7 Å². The van der Waals surface area contributed by atoms with Gasteiger partial charge in [0.15, 0.2) is 0 Å².